The molecular weight excluding hydrogens is 470 g/mol. The van der Waals surface area contributed by atoms with Gasteiger partial charge in [0, 0.05) is 21.9 Å². The molecule has 6 aromatic rings. The van der Waals surface area contributed by atoms with Crippen molar-refractivity contribution in [1.29, 1.82) is 0 Å². The molecule has 4 saturated carbocycles. The highest BCUT2D eigenvalue weighted by molar-refractivity contribution is 6.14. The van der Waals surface area contributed by atoms with Gasteiger partial charge in [0.25, 0.3) is 0 Å². The zero-order valence-electron chi connectivity index (χ0n) is 22.1. The number of hydrogen-bond donors (Lipinski definition) is 0. The first kappa shape index (κ1) is 21.0. The van der Waals surface area contributed by atoms with Crippen LogP contribution in [0.4, 0.5) is 0 Å². The molecule has 1 spiro atoms. The Labute approximate surface area is 229 Å². The van der Waals surface area contributed by atoms with E-state index in [-0.39, 0.29) is 5.41 Å². The average molecular weight is 502 g/mol. The van der Waals surface area contributed by atoms with Crippen LogP contribution in [0.5, 0.6) is 0 Å². The monoisotopic (exact) mass is 501 g/mol. The maximum absolute atomic E-state index is 2.55. The molecule has 0 amide bonds. The number of nitrogens with zero attached hydrogens (tertiary/aromatic N) is 1. The van der Waals surface area contributed by atoms with Crippen LogP contribution < -0.4 is 0 Å². The van der Waals surface area contributed by atoms with Crippen LogP contribution in [-0.2, 0) is 5.41 Å². The Morgan fingerprint density at radius 2 is 1.28 bits per heavy atom. The van der Waals surface area contributed by atoms with Crippen LogP contribution in [0, 0.1) is 23.7 Å². The van der Waals surface area contributed by atoms with Gasteiger partial charge in [0.05, 0.1) is 11.0 Å². The molecule has 11 rings (SSSR count). The minimum absolute atomic E-state index is 0.164. The number of aromatic nitrogens is 1. The predicted octanol–water partition coefficient (Wildman–Crippen LogP) is 9.66. The molecular formula is C38H31N. The van der Waals surface area contributed by atoms with Crippen molar-refractivity contribution in [3.8, 4) is 16.8 Å². The van der Waals surface area contributed by atoms with E-state index in [1.54, 1.807) is 11.1 Å². The van der Waals surface area contributed by atoms with Crippen LogP contribution in [0.15, 0.2) is 103 Å². The summed E-state index contributed by atoms with van der Waals surface area (Å²) in [5, 5.41) is 5.52. The van der Waals surface area contributed by atoms with Crippen molar-refractivity contribution >= 4 is 32.6 Å². The summed E-state index contributed by atoms with van der Waals surface area (Å²) in [4.78, 5) is 0. The molecule has 1 heterocycles. The minimum Gasteiger partial charge on any atom is -0.309 e. The number of para-hydroxylation sites is 1. The quantitative estimate of drug-likeness (QED) is 0.211. The predicted molar refractivity (Wildman–Crippen MR) is 162 cm³/mol. The number of hydrogen-bond acceptors (Lipinski definition) is 0. The lowest BCUT2D eigenvalue weighted by atomic mass is 9.43. The molecule has 4 fully saturated rings. The first-order valence-electron chi connectivity index (χ1n) is 15.0. The summed E-state index contributed by atoms with van der Waals surface area (Å²) < 4.78 is 2.55. The Morgan fingerprint density at radius 3 is 2.13 bits per heavy atom. The smallest absolute Gasteiger partial charge is 0.0544 e. The summed E-state index contributed by atoms with van der Waals surface area (Å²) in [6, 6.07) is 39.3. The zero-order valence-corrected chi connectivity index (χ0v) is 22.1. The van der Waals surface area contributed by atoms with Crippen LogP contribution in [0.1, 0.15) is 43.2 Å². The molecule has 4 bridgehead atoms. The van der Waals surface area contributed by atoms with Crippen molar-refractivity contribution in [2.45, 2.75) is 37.5 Å². The molecule has 0 N–H and O–H groups in total. The van der Waals surface area contributed by atoms with Gasteiger partial charge in [-0.3, -0.25) is 0 Å². The molecule has 1 heteroatoms. The molecule has 1 nitrogen and oxygen atoms in total. The fraction of sp³-hybridized carbons (Fsp3) is 0.263. The Hall–Kier alpha value is -3.84. The number of benzene rings is 5. The second kappa shape index (κ2) is 7.21. The van der Waals surface area contributed by atoms with Gasteiger partial charge in [0.15, 0.2) is 0 Å². The van der Waals surface area contributed by atoms with E-state index in [0.29, 0.717) is 0 Å². The van der Waals surface area contributed by atoms with Gasteiger partial charge in [-0.1, -0.05) is 78.9 Å². The van der Waals surface area contributed by atoms with E-state index >= 15 is 0 Å². The summed E-state index contributed by atoms with van der Waals surface area (Å²) in [7, 11) is 0. The van der Waals surface area contributed by atoms with Crippen LogP contribution in [0.2, 0.25) is 0 Å². The van der Waals surface area contributed by atoms with Gasteiger partial charge in [-0.25, -0.2) is 0 Å². The van der Waals surface area contributed by atoms with E-state index in [0.717, 1.165) is 23.7 Å². The molecule has 0 unspecified atom stereocenters. The van der Waals surface area contributed by atoms with E-state index in [2.05, 4.69) is 108 Å². The summed E-state index contributed by atoms with van der Waals surface area (Å²) in [6.07, 6.45) is 7.16. The average Bonchev–Trinajstić information content (AvgIpc) is 3.46. The first-order chi connectivity index (χ1) is 19.3. The largest absolute Gasteiger partial charge is 0.309 e. The molecule has 39 heavy (non-hydrogen) atoms. The second-order valence-corrected chi connectivity index (χ2v) is 13.0. The van der Waals surface area contributed by atoms with Gasteiger partial charge in [-0.2, -0.15) is 0 Å². The maximum Gasteiger partial charge on any atom is 0.0544 e. The van der Waals surface area contributed by atoms with Crippen LogP contribution in [-0.4, -0.2) is 4.57 Å². The standard InChI is InChI=1S/C38H31N/c1-2-8-26-22-29(14-13-25(26)7-1)39-34-12-6-4-10-32(34)36-35(39)16-15-31-30-9-3-5-11-33(30)38(37(31)36)27-18-23-17-24(20-27)21-28(38)19-23/h1-16,22-24,27-28H,17-21H2. The van der Waals surface area contributed by atoms with E-state index in [4.69, 9.17) is 0 Å². The third kappa shape index (κ3) is 2.49. The SMILES string of the molecule is c1ccc2c(c1)-c1ccc3c(c1C21C2CC4CC(C2)CC1C4)c1ccccc1n3-c1ccc2ccccc2c1. The molecule has 0 atom stereocenters. The molecule has 5 aliphatic rings. The van der Waals surface area contributed by atoms with Gasteiger partial charge in [-0.15, -0.1) is 0 Å². The van der Waals surface area contributed by atoms with Gasteiger partial charge < -0.3 is 4.57 Å². The Morgan fingerprint density at radius 1 is 0.564 bits per heavy atom. The third-order valence-corrected chi connectivity index (χ3v) is 11.3. The van der Waals surface area contributed by atoms with E-state index in [1.807, 2.05) is 0 Å². The Balaban J connectivity index is 1.35. The lowest BCUT2D eigenvalue weighted by Crippen LogP contribution is -2.55. The van der Waals surface area contributed by atoms with Crippen molar-refractivity contribution < 1.29 is 0 Å². The molecule has 5 aliphatic carbocycles. The van der Waals surface area contributed by atoms with Crippen molar-refractivity contribution in [2.24, 2.45) is 23.7 Å². The highest BCUT2D eigenvalue weighted by Gasteiger charge is 2.62. The summed E-state index contributed by atoms with van der Waals surface area (Å²) >= 11 is 0. The first-order valence-corrected chi connectivity index (χ1v) is 15.0. The zero-order chi connectivity index (χ0) is 25.3. The molecule has 0 saturated heterocycles. The molecule has 5 aromatic carbocycles. The highest BCUT2D eigenvalue weighted by atomic mass is 15.0. The van der Waals surface area contributed by atoms with Crippen molar-refractivity contribution in [3.63, 3.8) is 0 Å². The number of fused-ring (bicyclic) bond motifs is 8. The topological polar surface area (TPSA) is 4.93 Å². The van der Waals surface area contributed by atoms with E-state index in [9.17, 15) is 0 Å². The van der Waals surface area contributed by atoms with E-state index in [1.165, 1.54) is 81.5 Å². The normalized spacial score (nSPS) is 28.1. The lowest BCUT2D eigenvalue weighted by Gasteiger charge is -2.61. The van der Waals surface area contributed by atoms with Gasteiger partial charge in [-0.05, 0) is 113 Å². The van der Waals surface area contributed by atoms with Crippen LogP contribution in [0.3, 0.4) is 0 Å². The fourth-order valence-corrected chi connectivity index (χ4v) is 10.3. The summed E-state index contributed by atoms with van der Waals surface area (Å²) in [6.45, 7) is 0. The maximum atomic E-state index is 2.55. The van der Waals surface area contributed by atoms with Gasteiger partial charge in [0.2, 0.25) is 0 Å². The van der Waals surface area contributed by atoms with Crippen molar-refractivity contribution in [1.82, 2.24) is 4.57 Å². The molecule has 1 aromatic heterocycles. The molecule has 188 valence electrons. The third-order valence-electron chi connectivity index (χ3n) is 11.3. The molecule has 0 aliphatic heterocycles. The summed E-state index contributed by atoms with van der Waals surface area (Å²) in [5.74, 6) is 3.44. The van der Waals surface area contributed by atoms with E-state index < -0.39 is 0 Å². The van der Waals surface area contributed by atoms with Crippen LogP contribution in [0.25, 0.3) is 49.4 Å². The highest BCUT2D eigenvalue weighted by Crippen LogP contribution is 2.70. The summed E-state index contributed by atoms with van der Waals surface area (Å²) in [5.41, 5.74) is 10.4. The van der Waals surface area contributed by atoms with Crippen molar-refractivity contribution in [2.75, 3.05) is 0 Å². The number of rotatable bonds is 1. The fourth-order valence-electron chi connectivity index (χ4n) is 10.3. The molecule has 0 radical (unpaired) electrons. The van der Waals surface area contributed by atoms with Gasteiger partial charge in [0.1, 0.15) is 0 Å². The van der Waals surface area contributed by atoms with Crippen LogP contribution >= 0.6 is 0 Å². The van der Waals surface area contributed by atoms with Gasteiger partial charge >= 0.3 is 0 Å². The lowest BCUT2D eigenvalue weighted by molar-refractivity contribution is -0.0393. The van der Waals surface area contributed by atoms with Crippen molar-refractivity contribution in [3.05, 3.63) is 114 Å². The Bertz CT molecular complexity index is 1960. The second-order valence-electron chi connectivity index (χ2n) is 13.0. The Kier molecular flexibility index (Phi) is 3.89. The minimum atomic E-state index is 0.164.